The normalized spacial score (nSPS) is 12.2. The Kier molecular flexibility index (Phi) is 4.54. The predicted octanol–water partition coefficient (Wildman–Crippen LogP) is 4.90. The van der Waals surface area contributed by atoms with Gasteiger partial charge in [-0.15, -0.1) is 0 Å². The van der Waals surface area contributed by atoms with Gasteiger partial charge in [-0.2, -0.15) is 0 Å². The minimum Gasteiger partial charge on any atom is -0.325 e. The molecule has 3 aromatic carbocycles. The Labute approximate surface area is 155 Å². The summed E-state index contributed by atoms with van der Waals surface area (Å²) in [5.74, 6) is -0.0472. The van der Waals surface area contributed by atoms with Crippen molar-refractivity contribution in [2.24, 2.45) is 0 Å². The zero-order valence-electron chi connectivity index (χ0n) is 14.2. The van der Waals surface area contributed by atoms with Crippen LogP contribution in [0.1, 0.15) is 6.92 Å². The topological polar surface area (TPSA) is 54.9 Å². The molecular weight excluding hydrogens is 342 g/mol. The van der Waals surface area contributed by atoms with Crippen LogP contribution in [0.5, 0.6) is 0 Å². The molecule has 1 aromatic heterocycles. The first-order chi connectivity index (χ1) is 12.7. The van der Waals surface area contributed by atoms with Crippen LogP contribution in [0, 0.1) is 0 Å². The molecule has 1 amide bonds. The van der Waals surface area contributed by atoms with Crippen LogP contribution in [0.3, 0.4) is 0 Å². The first-order valence-electron chi connectivity index (χ1n) is 8.37. The van der Waals surface area contributed by atoms with Crippen molar-refractivity contribution in [3.63, 3.8) is 0 Å². The van der Waals surface area contributed by atoms with Crippen LogP contribution in [0.4, 0.5) is 5.69 Å². The predicted molar refractivity (Wildman–Crippen MR) is 107 cm³/mol. The monoisotopic (exact) mass is 359 g/mol. The van der Waals surface area contributed by atoms with E-state index in [9.17, 15) is 4.79 Å². The number of para-hydroxylation sites is 1. The van der Waals surface area contributed by atoms with Crippen molar-refractivity contribution in [2.75, 3.05) is 5.32 Å². The molecule has 1 atom stereocenters. The van der Waals surface area contributed by atoms with Crippen LogP contribution in [-0.4, -0.2) is 21.1 Å². The van der Waals surface area contributed by atoms with Gasteiger partial charge in [0.25, 0.3) is 0 Å². The summed E-state index contributed by atoms with van der Waals surface area (Å²) in [6.45, 7) is 1.89. The second-order valence-corrected chi connectivity index (χ2v) is 7.30. The van der Waals surface area contributed by atoms with Gasteiger partial charge < -0.3 is 5.32 Å². The van der Waals surface area contributed by atoms with E-state index in [-0.39, 0.29) is 11.2 Å². The number of nitrogens with one attached hydrogen (secondary N) is 1. The lowest BCUT2D eigenvalue weighted by Crippen LogP contribution is -2.22. The smallest absolute Gasteiger partial charge is 0.237 e. The molecule has 1 heterocycles. The highest BCUT2D eigenvalue weighted by Crippen LogP contribution is 2.29. The van der Waals surface area contributed by atoms with Crippen molar-refractivity contribution in [1.82, 2.24) is 9.97 Å². The molecule has 128 valence electrons. The number of carbonyl (C=O) groups excluding carboxylic acids is 1. The van der Waals surface area contributed by atoms with Crippen molar-refractivity contribution in [3.8, 4) is 0 Å². The molecule has 26 heavy (non-hydrogen) atoms. The third kappa shape index (κ3) is 3.26. The average Bonchev–Trinajstić information content (AvgIpc) is 2.68. The molecule has 4 aromatic rings. The largest absolute Gasteiger partial charge is 0.325 e. The number of amides is 1. The van der Waals surface area contributed by atoms with Gasteiger partial charge in [0.1, 0.15) is 11.4 Å². The summed E-state index contributed by atoms with van der Waals surface area (Å²) in [7, 11) is 0. The van der Waals surface area contributed by atoms with Crippen molar-refractivity contribution in [2.45, 2.75) is 17.2 Å². The summed E-state index contributed by atoms with van der Waals surface area (Å²) < 4.78 is 0. The molecule has 0 unspecified atom stereocenters. The lowest BCUT2D eigenvalue weighted by atomic mass is 10.1. The number of carbonyl (C=O) groups is 1. The van der Waals surface area contributed by atoms with E-state index in [0.717, 1.165) is 32.4 Å². The molecule has 0 aliphatic rings. The van der Waals surface area contributed by atoms with E-state index in [1.165, 1.54) is 11.8 Å². The van der Waals surface area contributed by atoms with Crippen LogP contribution in [0.15, 0.2) is 78.1 Å². The van der Waals surface area contributed by atoms with Gasteiger partial charge in [0, 0.05) is 16.5 Å². The maximum atomic E-state index is 12.7. The fourth-order valence-electron chi connectivity index (χ4n) is 2.86. The molecule has 0 bridgehead atoms. The number of thioether (sulfide) groups is 1. The van der Waals surface area contributed by atoms with Crippen LogP contribution < -0.4 is 5.32 Å². The lowest BCUT2D eigenvalue weighted by Gasteiger charge is -2.14. The van der Waals surface area contributed by atoms with E-state index in [2.05, 4.69) is 15.3 Å². The summed E-state index contributed by atoms with van der Waals surface area (Å²) in [5, 5.41) is 6.68. The quantitative estimate of drug-likeness (QED) is 0.416. The minimum absolute atomic E-state index is 0.0472. The first kappa shape index (κ1) is 16.5. The molecule has 0 fully saturated rings. The number of anilines is 1. The zero-order valence-corrected chi connectivity index (χ0v) is 15.0. The first-order valence-corrected chi connectivity index (χ1v) is 9.25. The third-order valence-corrected chi connectivity index (χ3v) is 5.33. The Morgan fingerprint density at radius 1 is 0.923 bits per heavy atom. The van der Waals surface area contributed by atoms with Crippen LogP contribution in [0.2, 0.25) is 0 Å². The maximum Gasteiger partial charge on any atom is 0.237 e. The third-order valence-electron chi connectivity index (χ3n) is 4.21. The Bertz CT molecular complexity index is 1090. The van der Waals surface area contributed by atoms with Crippen molar-refractivity contribution >= 4 is 45.0 Å². The summed E-state index contributed by atoms with van der Waals surface area (Å²) in [6.07, 6.45) is 1.54. The molecule has 0 aliphatic heterocycles. The van der Waals surface area contributed by atoms with Crippen molar-refractivity contribution in [3.05, 3.63) is 73.1 Å². The molecule has 0 spiro atoms. The van der Waals surface area contributed by atoms with Crippen molar-refractivity contribution < 1.29 is 4.79 Å². The maximum absolute atomic E-state index is 12.7. The van der Waals surface area contributed by atoms with E-state index in [0.29, 0.717) is 0 Å². The molecule has 4 rings (SSSR count). The SMILES string of the molecule is C[C@@H](Sc1ncnc2ccccc12)C(=O)Nc1cccc2ccccc12. The number of hydrogen-bond donors (Lipinski definition) is 1. The fraction of sp³-hybridized carbons (Fsp3) is 0.0952. The second kappa shape index (κ2) is 7.14. The van der Waals surface area contributed by atoms with Gasteiger partial charge in [-0.1, -0.05) is 66.4 Å². The minimum atomic E-state index is -0.285. The average molecular weight is 359 g/mol. The van der Waals surface area contributed by atoms with Crippen LogP contribution >= 0.6 is 11.8 Å². The Balaban J connectivity index is 1.56. The molecule has 0 aliphatic carbocycles. The van der Waals surface area contributed by atoms with Gasteiger partial charge in [-0.25, -0.2) is 9.97 Å². The number of fused-ring (bicyclic) bond motifs is 2. The van der Waals surface area contributed by atoms with Gasteiger partial charge in [0.15, 0.2) is 0 Å². The highest BCUT2D eigenvalue weighted by molar-refractivity contribution is 8.00. The Morgan fingerprint density at radius 3 is 2.54 bits per heavy atom. The second-order valence-electron chi connectivity index (χ2n) is 5.97. The van der Waals surface area contributed by atoms with Crippen LogP contribution in [-0.2, 0) is 4.79 Å². The summed E-state index contributed by atoms with van der Waals surface area (Å²) in [5.41, 5.74) is 1.71. The van der Waals surface area contributed by atoms with Gasteiger partial charge in [-0.3, -0.25) is 4.79 Å². The van der Waals surface area contributed by atoms with E-state index in [1.54, 1.807) is 6.33 Å². The number of nitrogens with zero attached hydrogens (tertiary/aromatic N) is 2. The molecule has 0 saturated heterocycles. The molecule has 0 radical (unpaired) electrons. The lowest BCUT2D eigenvalue weighted by molar-refractivity contribution is -0.115. The number of benzene rings is 3. The van der Waals surface area contributed by atoms with Gasteiger partial charge in [0.05, 0.1) is 10.8 Å². The Morgan fingerprint density at radius 2 is 1.65 bits per heavy atom. The van der Waals surface area contributed by atoms with Crippen LogP contribution in [0.25, 0.3) is 21.7 Å². The molecule has 5 heteroatoms. The highest BCUT2D eigenvalue weighted by Gasteiger charge is 2.17. The molecular formula is C21H17N3OS. The molecule has 4 nitrogen and oxygen atoms in total. The van der Waals surface area contributed by atoms with Crippen molar-refractivity contribution in [1.29, 1.82) is 0 Å². The molecule has 1 N–H and O–H groups in total. The van der Waals surface area contributed by atoms with E-state index < -0.39 is 0 Å². The molecule has 0 saturated carbocycles. The standard InChI is InChI=1S/C21H17N3OS/c1-14(26-21-17-10-4-5-11-18(17)22-13-23-21)20(25)24-19-12-6-8-15-7-2-3-9-16(15)19/h2-14H,1H3,(H,24,25)/t14-/m1/s1. The number of aromatic nitrogens is 2. The van der Waals surface area contributed by atoms with Gasteiger partial charge in [0.2, 0.25) is 5.91 Å². The van der Waals surface area contributed by atoms with Gasteiger partial charge >= 0.3 is 0 Å². The summed E-state index contributed by atoms with van der Waals surface area (Å²) in [4.78, 5) is 21.4. The van der Waals surface area contributed by atoms with E-state index in [1.807, 2.05) is 73.7 Å². The highest BCUT2D eigenvalue weighted by atomic mass is 32.2. The fourth-order valence-corrected chi connectivity index (χ4v) is 3.77. The summed E-state index contributed by atoms with van der Waals surface area (Å²) in [6, 6.07) is 21.8. The zero-order chi connectivity index (χ0) is 17.9. The van der Waals surface area contributed by atoms with E-state index >= 15 is 0 Å². The van der Waals surface area contributed by atoms with E-state index in [4.69, 9.17) is 0 Å². The number of rotatable bonds is 4. The Hall–Kier alpha value is -2.92. The number of hydrogen-bond acceptors (Lipinski definition) is 4. The van der Waals surface area contributed by atoms with Gasteiger partial charge in [-0.05, 0) is 24.4 Å². The summed E-state index contributed by atoms with van der Waals surface area (Å²) >= 11 is 1.44.